The molecule has 8 nitrogen and oxygen atoms in total. The number of pyridine rings is 1. The van der Waals surface area contributed by atoms with Crippen molar-refractivity contribution in [2.24, 2.45) is 0 Å². The molecule has 0 aliphatic heterocycles. The van der Waals surface area contributed by atoms with Gasteiger partial charge in [0.15, 0.2) is 0 Å². The van der Waals surface area contributed by atoms with Crippen molar-refractivity contribution in [2.45, 2.75) is 0 Å². The van der Waals surface area contributed by atoms with Crippen LogP contribution in [0.1, 0.15) is 0 Å². The van der Waals surface area contributed by atoms with E-state index >= 15 is 0 Å². The van der Waals surface area contributed by atoms with E-state index in [1.807, 2.05) is 0 Å². The molecule has 0 radical (unpaired) electrons. The molecule has 0 aliphatic rings. The Morgan fingerprint density at radius 1 is 1.14 bits per heavy atom. The Hall–Kier alpha value is -2.37. The summed E-state index contributed by atoms with van der Waals surface area (Å²) in [5.74, 6) is 0.0822. The maximum absolute atomic E-state index is 12.5. The molecule has 4 aromatic rings. The van der Waals surface area contributed by atoms with Crippen LogP contribution >= 0.6 is 47.8 Å². The van der Waals surface area contributed by atoms with Gasteiger partial charge in [-0.1, -0.05) is 15.9 Å². The molecule has 0 unspecified atom stereocenters. The van der Waals surface area contributed by atoms with Gasteiger partial charge in [-0.05, 0) is 56.1 Å². The van der Waals surface area contributed by atoms with E-state index in [0.717, 1.165) is 0 Å². The minimum Gasteiger partial charge on any atom is -0.401 e. The SMILES string of the molecule is O=c1oc(-c2cc(Br)cn2-c2ncccc2[N+](=O)[O-])nc2c(Br)cc(Br)cc12. The van der Waals surface area contributed by atoms with E-state index in [1.165, 1.54) is 22.9 Å². The Kier molecular flexibility index (Phi) is 4.89. The Balaban J connectivity index is 2.01. The summed E-state index contributed by atoms with van der Waals surface area (Å²) >= 11 is 10.1. The lowest BCUT2D eigenvalue weighted by atomic mass is 10.2. The number of nitrogens with zero attached hydrogens (tertiary/aromatic N) is 4. The van der Waals surface area contributed by atoms with Gasteiger partial charge in [-0.3, -0.25) is 14.7 Å². The fraction of sp³-hybridized carbons (Fsp3) is 0. The van der Waals surface area contributed by atoms with Crippen molar-refractivity contribution in [2.75, 3.05) is 0 Å². The Labute approximate surface area is 181 Å². The third kappa shape index (κ3) is 3.29. The summed E-state index contributed by atoms with van der Waals surface area (Å²) in [6, 6.07) is 7.84. The van der Waals surface area contributed by atoms with Crippen molar-refractivity contribution < 1.29 is 9.34 Å². The van der Waals surface area contributed by atoms with Crippen LogP contribution in [0.4, 0.5) is 5.69 Å². The predicted molar refractivity (Wildman–Crippen MR) is 113 cm³/mol. The first-order chi connectivity index (χ1) is 13.3. The van der Waals surface area contributed by atoms with Crippen molar-refractivity contribution in [1.29, 1.82) is 0 Å². The molecule has 1 aromatic carbocycles. The molecule has 140 valence electrons. The standard InChI is InChI=1S/C17H7Br3N4O4/c18-8-4-10-14(11(20)5-8)22-16(28-17(10)25)13-6-9(19)7-23(13)15-12(24(26)27)2-1-3-21-15/h1-7H. The van der Waals surface area contributed by atoms with Crippen molar-refractivity contribution in [3.8, 4) is 17.4 Å². The first-order valence-corrected chi connectivity index (χ1v) is 10.0. The highest BCUT2D eigenvalue weighted by molar-refractivity contribution is 9.11. The third-order valence-corrected chi connectivity index (χ3v) is 5.34. The van der Waals surface area contributed by atoms with Crippen LogP contribution in [0.15, 0.2) is 65.4 Å². The van der Waals surface area contributed by atoms with Crippen LogP contribution in [0.2, 0.25) is 0 Å². The molecule has 0 saturated carbocycles. The zero-order valence-corrected chi connectivity index (χ0v) is 18.4. The molecule has 3 aromatic heterocycles. The van der Waals surface area contributed by atoms with Gasteiger partial charge in [-0.2, -0.15) is 0 Å². The Morgan fingerprint density at radius 2 is 1.93 bits per heavy atom. The van der Waals surface area contributed by atoms with Gasteiger partial charge in [0.2, 0.25) is 11.7 Å². The van der Waals surface area contributed by atoms with Crippen molar-refractivity contribution in [3.63, 3.8) is 0 Å². The molecular weight excluding hydrogens is 564 g/mol. The number of halogens is 3. The molecule has 3 heterocycles. The lowest BCUT2D eigenvalue weighted by Crippen LogP contribution is -2.07. The largest absolute Gasteiger partial charge is 0.401 e. The van der Waals surface area contributed by atoms with Crippen molar-refractivity contribution in [3.05, 3.63) is 76.7 Å². The first-order valence-electron chi connectivity index (χ1n) is 7.63. The fourth-order valence-corrected chi connectivity index (χ4v) is 4.43. The summed E-state index contributed by atoms with van der Waals surface area (Å²) < 4.78 is 8.78. The first kappa shape index (κ1) is 19.0. The van der Waals surface area contributed by atoms with Crippen LogP contribution in [0.3, 0.4) is 0 Å². The zero-order chi connectivity index (χ0) is 20.0. The summed E-state index contributed by atoms with van der Waals surface area (Å²) in [4.78, 5) is 31.9. The highest BCUT2D eigenvalue weighted by atomic mass is 79.9. The van der Waals surface area contributed by atoms with Crippen LogP contribution in [0.25, 0.3) is 28.3 Å². The number of rotatable bonds is 3. The molecule has 0 fully saturated rings. The Morgan fingerprint density at radius 3 is 2.68 bits per heavy atom. The highest BCUT2D eigenvalue weighted by Gasteiger charge is 2.22. The number of hydrogen-bond donors (Lipinski definition) is 0. The van der Waals surface area contributed by atoms with Crippen LogP contribution < -0.4 is 5.63 Å². The van der Waals surface area contributed by atoms with Gasteiger partial charge < -0.3 is 4.42 Å². The minimum absolute atomic E-state index is 0.00572. The molecule has 0 amide bonds. The number of fused-ring (bicyclic) bond motifs is 1. The maximum atomic E-state index is 12.5. The summed E-state index contributed by atoms with van der Waals surface area (Å²) in [6.45, 7) is 0. The predicted octanol–water partition coefficient (Wildman–Crippen LogP) is 5.24. The van der Waals surface area contributed by atoms with Gasteiger partial charge >= 0.3 is 11.3 Å². The normalized spacial score (nSPS) is 11.1. The van der Waals surface area contributed by atoms with Crippen molar-refractivity contribution in [1.82, 2.24) is 14.5 Å². The lowest BCUT2D eigenvalue weighted by Gasteiger charge is -2.08. The molecule has 4 rings (SSSR count). The quantitative estimate of drug-likeness (QED) is 0.247. The molecule has 0 spiro atoms. The average molecular weight is 571 g/mol. The number of hydrogen-bond acceptors (Lipinski definition) is 6. The van der Waals surface area contributed by atoms with Gasteiger partial charge in [-0.15, -0.1) is 0 Å². The smallest absolute Gasteiger partial charge is 0.347 e. The molecule has 0 saturated heterocycles. The fourth-order valence-electron chi connectivity index (χ4n) is 2.70. The van der Waals surface area contributed by atoms with Gasteiger partial charge in [0.05, 0.1) is 15.8 Å². The van der Waals surface area contributed by atoms with Crippen LogP contribution in [0.5, 0.6) is 0 Å². The second kappa shape index (κ2) is 7.22. The van der Waals surface area contributed by atoms with Crippen LogP contribution in [-0.2, 0) is 0 Å². The molecule has 11 heteroatoms. The van der Waals surface area contributed by atoms with Crippen LogP contribution in [-0.4, -0.2) is 19.5 Å². The van der Waals surface area contributed by atoms with Crippen LogP contribution in [0, 0.1) is 10.1 Å². The zero-order valence-electron chi connectivity index (χ0n) is 13.6. The van der Waals surface area contributed by atoms with E-state index in [-0.39, 0.29) is 17.4 Å². The van der Waals surface area contributed by atoms with E-state index in [1.54, 1.807) is 24.4 Å². The second-order valence-corrected chi connectivity index (χ2v) is 8.29. The number of aromatic nitrogens is 3. The van der Waals surface area contributed by atoms with Gasteiger partial charge in [-0.25, -0.2) is 14.8 Å². The van der Waals surface area contributed by atoms with E-state index < -0.39 is 10.5 Å². The third-order valence-electron chi connectivity index (χ3n) is 3.85. The van der Waals surface area contributed by atoms with E-state index in [2.05, 4.69) is 57.8 Å². The summed E-state index contributed by atoms with van der Waals surface area (Å²) in [7, 11) is 0. The summed E-state index contributed by atoms with van der Waals surface area (Å²) in [5.41, 5.74) is -0.0298. The number of benzene rings is 1. The van der Waals surface area contributed by atoms with E-state index in [4.69, 9.17) is 4.42 Å². The molecule has 0 N–H and O–H groups in total. The summed E-state index contributed by atoms with van der Waals surface area (Å²) in [6.07, 6.45) is 3.03. The topological polar surface area (TPSA) is 104 Å². The van der Waals surface area contributed by atoms with Gasteiger partial charge in [0.1, 0.15) is 5.69 Å². The maximum Gasteiger partial charge on any atom is 0.347 e. The molecule has 28 heavy (non-hydrogen) atoms. The van der Waals surface area contributed by atoms with Gasteiger partial charge in [0, 0.05) is 31.9 Å². The van der Waals surface area contributed by atoms with Crippen molar-refractivity contribution >= 4 is 64.4 Å². The van der Waals surface area contributed by atoms with E-state index in [9.17, 15) is 14.9 Å². The second-order valence-electron chi connectivity index (χ2n) is 5.61. The monoisotopic (exact) mass is 568 g/mol. The lowest BCUT2D eigenvalue weighted by molar-refractivity contribution is -0.384. The summed E-state index contributed by atoms with van der Waals surface area (Å²) in [5, 5.41) is 11.7. The number of nitro groups is 1. The molecule has 0 atom stereocenters. The molecular formula is C17H7Br3N4O4. The van der Waals surface area contributed by atoms with Gasteiger partial charge in [0.25, 0.3) is 0 Å². The van der Waals surface area contributed by atoms with E-state index in [0.29, 0.717) is 30.0 Å². The minimum atomic E-state index is -0.582. The molecule has 0 bridgehead atoms. The average Bonchev–Trinajstić information content (AvgIpc) is 3.04. The Bertz CT molecular complexity index is 1320. The highest BCUT2D eigenvalue weighted by Crippen LogP contribution is 2.32. The molecule has 0 aliphatic carbocycles.